The summed E-state index contributed by atoms with van der Waals surface area (Å²) >= 11 is 1.24. The van der Waals surface area contributed by atoms with Crippen molar-refractivity contribution in [1.82, 2.24) is 14.1 Å². The van der Waals surface area contributed by atoms with Gasteiger partial charge in [-0.3, -0.25) is 18.7 Å². The first-order valence-electron chi connectivity index (χ1n) is 9.80. The van der Waals surface area contributed by atoms with Crippen molar-refractivity contribution in [3.8, 4) is 0 Å². The second-order valence-corrected chi connectivity index (χ2v) is 9.20. The molecule has 1 amide bonds. The molecule has 0 bridgehead atoms. The van der Waals surface area contributed by atoms with Gasteiger partial charge < -0.3 is 5.32 Å². The normalized spacial score (nSPS) is 15.5. The third-order valence-corrected chi connectivity index (χ3v) is 6.34. The fraction of sp³-hybridized carbons (Fsp3) is 0.429. The van der Waals surface area contributed by atoms with Crippen LogP contribution in [0, 0.1) is 5.41 Å². The third kappa shape index (κ3) is 3.64. The Morgan fingerprint density at radius 2 is 1.86 bits per heavy atom. The van der Waals surface area contributed by atoms with Crippen LogP contribution in [-0.4, -0.2) is 25.8 Å². The van der Waals surface area contributed by atoms with Crippen LogP contribution in [0.25, 0.3) is 11.0 Å². The second-order valence-electron chi connectivity index (χ2n) is 8.20. The number of carbonyl (C=O) groups excluding carboxylic acids is 2. The molecule has 8 heteroatoms. The molecule has 3 aromatic rings. The molecule has 0 radical (unpaired) electrons. The summed E-state index contributed by atoms with van der Waals surface area (Å²) in [5.41, 5.74) is 2.25. The van der Waals surface area contributed by atoms with E-state index in [-0.39, 0.29) is 35.8 Å². The number of Topliss-reactive ketones (excluding diaryl/α,β-unsaturated/α-hetero) is 1. The van der Waals surface area contributed by atoms with Crippen LogP contribution in [0.3, 0.4) is 0 Å². The molecule has 0 atom stereocenters. The van der Waals surface area contributed by atoms with E-state index in [9.17, 15) is 14.4 Å². The Bertz CT molecular complexity index is 1170. The molecule has 0 fully saturated rings. The van der Waals surface area contributed by atoms with Gasteiger partial charge in [-0.15, -0.1) is 0 Å². The van der Waals surface area contributed by atoms with E-state index >= 15 is 0 Å². The van der Waals surface area contributed by atoms with Crippen molar-refractivity contribution in [2.45, 2.75) is 53.1 Å². The Morgan fingerprint density at radius 1 is 1.17 bits per heavy atom. The van der Waals surface area contributed by atoms with Gasteiger partial charge in [-0.25, -0.2) is 9.78 Å². The number of benzene rings is 1. The van der Waals surface area contributed by atoms with E-state index in [0.717, 1.165) is 23.1 Å². The van der Waals surface area contributed by atoms with Crippen LogP contribution < -0.4 is 11.0 Å². The lowest BCUT2D eigenvalue weighted by molar-refractivity contribution is -0.116. The number of fused-ring (bicyclic) bond motifs is 2. The topological polar surface area (TPSA) is 86.0 Å². The third-order valence-electron chi connectivity index (χ3n) is 5.29. The van der Waals surface area contributed by atoms with E-state index in [4.69, 9.17) is 0 Å². The van der Waals surface area contributed by atoms with Gasteiger partial charge >= 0.3 is 5.69 Å². The van der Waals surface area contributed by atoms with Crippen molar-refractivity contribution in [3.63, 3.8) is 0 Å². The van der Waals surface area contributed by atoms with Gasteiger partial charge in [0.25, 0.3) is 0 Å². The molecule has 0 aliphatic heterocycles. The van der Waals surface area contributed by atoms with Gasteiger partial charge in [0.05, 0.1) is 21.6 Å². The monoisotopic (exact) mass is 412 g/mol. The van der Waals surface area contributed by atoms with E-state index in [1.807, 2.05) is 31.2 Å². The summed E-state index contributed by atoms with van der Waals surface area (Å²) in [6, 6.07) is 7.59. The number of aryl methyl sites for hydroxylation is 2. The molecule has 0 unspecified atom stereocenters. The van der Waals surface area contributed by atoms with Crippen LogP contribution in [0.1, 0.15) is 49.0 Å². The fourth-order valence-corrected chi connectivity index (χ4v) is 4.90. The van der Waals surface area contributed by atoms with Crippen LogP contribution in [-0.2, 0) is 24.3 Å². The number of hydrogen-bond acceptors (Lipinski definition) is 5. The number of para-hydroxylation sites is 2. The molecule has 7 nitrogen and oxygen atoms in total. The summed E-state index contributed by atoms with van der Waals surface area (Å²) in [5, 5.41) is 3.25. The highest BCUT2D eigenvalue weighted by molar-refractivity contribution is 7.17. The molecule has 2 heterocycles. The van der Waals surface area contributed by atoms with Crippen LogP contribution in [0.4, 0.5) is 5.13 Å². The Labute approximate surface area is 172 Å². The zero-order valence-corrected chi connectivity index (χ0v) is 17.6. The van der Waals surface area contributed by atoms with Crippen LogP contribution in [0.2, 0.25) is 0 Å². The molecule has 0 spiro atoms. The fourth-order valence-electron chi connectivity index (χ4n) is 3.96. The zero-order chi connectivity index (χ0) is 20.8. The lowest BCUT2D eigenvalue weighted by Crippen LogP contribution is -2.26. The van der Waals surface area contributed by atoms with Crippen molar-refractivity contribution >= 4 is 39.2 Å². The number of amides is 1. The molecule has 29 heavy (non-hydrogen) atoms. The van der Waals surface area contributed by atoms with E-state index < -0.39 is 0 Å². The Kier molecular flexibility index (Phi) is 4.90. The molecule has 1 N–H and O–H groups in total. The number of rotatable bonds is 5. The predicted molar refractivity (Wildman–Crippen MR) is 114 cm³/mol. The average Bonchev–Trinajstić information content (AvgIpc) is 3.16. The highest BCUT2D eigenvalue weighted by atomic mass is 32.1. The number of hydrogen-bond donors (Lipinski definition) is 1. The lowest BCUT2D eigenvalue weighted by Gasteiger charge is -2.26. The second kappa shape index (κ2) is 7.26. The minimum absolute atomic E-state index is 0.0909. The Balaban J connectivity index is 1.49. The summed E-state index contributed by atoms with van der Waals surface area (Å²) in [7, 11) is 0. The number of carbonyl (C=O) groups is 2. The van der Waals surface area contributed by atoms with Gasteiger partial charge in [-0.05, 0) is 30.9 Å². The number of imidazole rings is 1. The SMILES string of the molecule is CCn1c(=O)n(CCC(=O)Nc2nc3c(s2)C(=O)CC(C)(C)C3)c2ccccc21. The molecular weight excluding hydrogens is 388 g/mol. The highest BCUT2D eigenvalue weighted by Gasteiger charge is 2.34. The number of aromatic nitrogens is 3. The number of ketones is 1. The Morgan fingerprint density at radius 3 is 2.55 bits per heavy atom. The zero-order valence-electron chi connectivity index (χ0n) is 16.8. The summed E-state index contributed by atoms with van der Waals surface area (Å²) in [5.74, 6) is -0.129. The first-order valence-corrected chi connectivity index (χ1v) is 10.6. The molecule has 152 valence electrons. The summed E-state index contributed by atoms with van der Waals surface area (Å²) < 4.78 is 3.34. The quantitative estimate of drug-likeness (QED) is 0.695. The van der Waals surface area contributed by atoms with E-state index in [2.05, 4.69) is 24.1 Å². The van der Waals surface area contributed by atoms with Crippen molar-refractivity contribution in [1.29, 1.82) is 0 Å². The predicted octanol–water partition coefficient (Wildman–Crippen LogP) is 3.46. The van der Waals surface area contributed by atoms with Crippen molar-refractivity contribution in [2.24, 2.45) is 5.41 Å². The number of anilines is 1. The van der Waals surface area contributed by atoms with Crippen molar-refractivity contribution in [2.75, 3.05) is 5.32 Å². The number of nitrogens with zero attached hydrogens (tertiary/aromatic N) is 3. The first-order chi connectivity index (χ1) is 13.8. The molecule has 1 aromatic carbocycles. The minimum Gasteiger partial charge on any atom is -0.302 e. The van der Waals surface area contributed by atoms with Crippen molar-refractivity contribution < 1.29 is 9.59 Å². The van der Waals surface area contributed by atoms with Crippen molar-refractivity contribution in [3.05, 3.63) is 45.3 Å². The van der Waals surface area contributed by atoms with E-state index in [1.54, 1.807) is 9.13 Å². The van der Waals surface area contributed by atoms with Gasteiger partial charge in [0.2, 0.25) is 5.91 Å². The van der Waals surface area contributed by atoms with Crippen LogP contribution in [0.5, 0.6) is 0 Å². The maximum Gasteiger partial charge on any atom is 0.329 e. The van der Waals surface area contributed by atoms with E-state index in [0.29, 0.717) is 23.0 Å². The first kappa shape index (κ1) is 19.6. The maximum absolute atomic E-state index is 12.7. The van der Waals surface area contributed by atoms with Gasteiger partial charge in [0.15, 0.2) is 10.9 Å². The van der Waals surface area contributed by atoms with Gasteiger partial charge in [0, 0.05) is 25.9 Å². The van der Waals surface area contributed by atoms with Crippen LogP contribution >= 0.6 is 11.3 Å². The number of thiazole rings is 1. The molecule has 1 aliphatic carbocycles. The minimum atomic E-state index is -0.219. The molecule has 4 rings (SSSR count). The Hall–Kier alpha value is -2.74. The maximum atomic E-state index is 12.7. The van der Waals surface area contributed by atoms with Gasteiger partial charge in [0.1, 0.15) is 0 Å². The highest BCUT2D eigenvalue weighted by Crippen LogP contribution is 2.38. The van der Waals surface area contributed by atoms with Gasteiger partial charge in [-0.2, -0.15) is 0 Å². The number of nitrogens with one attached hydrogen (secondary N) is 1. The average molecular weight is 413 g/mol. The summed E-state index contributed by atoms with van der Waals surface area (Å²) in [6.45, 7) is 6.90. The molecule has 0 saturated heterocycles. The molecule has 0 saturated carbocycles. The van der Waals surface area contributed by atoms with Gasteiger partial charge in [-0.1, -0.05) is 37.3 Å². The van der Waals surface area contributed by atoms with Crippen LogP contribution in [0.15, 0.2) is 29.1 Å². The lowest BCUT2D eigenvalue weighted by atomic mass is 9.78. The smallest absolute Gasteiger partial charge is 0.302 e. The standard InChI is InChI=1S/C21H24N4O3S/c1-4-24-14-7-5-6-8-15(14)25(20(24)28)10-9-17(27)23-19-22-13-11-21(2,3)12-16(26)18(13)29-19/h5-8H,4,9-12H2,1-3H3,(H,22,23,27). The molecule has 2 aromatic heterocycles. The largest absolute Gasteiger partial charge is 0.329 e. The van der Waals surface area contributed by atoms with E-state index in [1.165, 1.54) is 11.3 Å². The molecule has 1 aliphatic rings. The summed E-state index contributed by atoms with van der Waals surface area (Å²) in [6.07, 6.45) is 1.38. The molecular formula is C21H24N4O3S. The summed E-state index contributed by atoms with van der Waals surface area (Å²) in [4.78, 5) is 42.6.